The number of carbonyl (C=O) groups excluding carboxylic acids is 2. The first-order chi connectivity index (χ1) is 25.6. The lowest BCUT2D eigenvalue weighted by Gasteiger charge is -2.21. The minimum Gasteiger partial charge on any atom is -0.309 e. The predicted molar refractivity (Wildman–Crippen MR) is 210 cm³/mol. The number of fused-ring (bicyclic) bond motifs is 11. The first kappa shape index (κ1) is 28.8. The summed E-state index contributed by atoms with van der Waals surface area (Å²) in [7, 11) is 0. The number of thiophene rings is 1. The molecule has 10 aromatic rings. The van der Waals surface area contributed by atoms with Crippen LogP contribution in [0.25, 0.3) is 75.2 Å². The molecule has 7 aromatic carbocycles. The number of carbonyl (C=O) groups is 2. The fourth-order valence-electron chi connectivity index (χ4n) is 8.32. The van der Waals surface area contributed by atoms with E-state index in [0.29, 0.717) is 28.1 Å². The molecule has 6 nitrogen and oxygen atoms in total. The number of benzene rings is 7. The molecule has 0 bridgehead atoms. The van der Waals surface area contributed by atoms with Crippen molar-refractivity contribution in [1.82, 2.24) is 9.13 Å². The topological polar surface area (TPSA) is 71.0 Å². The van der Waals surface area contributed by atoms with Crippen LogP contribution in [0.15, 0.2) is 146 Å². The zero-order chi connectivity index (χ0) is 34.7. The minimum absolute atomic E-state index is 0.351. The Balaban J connectivity index is 1.28. The van der Waals surface area contributed by atoms with Crippen LogP contribution in [-0.4, -0.2) is 20.9 Å². The zero-order valence-electron chi connectivity index (χ0n) is 27.4. The third-order valence-electron chi connectivity index (χ3n) is 10.5. The van der Waals surface area contributed by atoms with Crippen LogP contribution in [0.1, 0.15) is 26.3 Å². The van der Waals surface area contributed by atoms with Crippen LogP contribution < -0.4 is 4.90 Å². The number of aromatic nitrogens is 2. The lowest BCUT2D eigenvalue weighted by atomic mass is 10.1. The number of hydrogen-bond acceptors (Lipinski definition) is 4. The summed E-state index contributed by atoms with van der Waals surface area (Å²) in [6.07, 6.45) is 0. The summed E-state index contributed by atoms with van der Waals surface area (Å²) in [5.74, 6) is -0.813. The van der Waals surface area contributed by atoms with Gasteiger partial charge in [0.15, 0.2) is 0 Å². The molecule has 52 heavy (non-hydrogen) atoms. The van der Waals surface area contributed by atoms with E-state index in [1.807, 2.05) is 18.2 Å². The van der Waals surface area contributed by atoms with Crippen LogP contribution in [0.4, 0.5) is 5.69 Å². The van der Waals surface area contributed by atoms with Crippen molar-refractivity contribution in [1.29, 1.82) is 5.26 Å². The van der Waals surface area contributed by atoms with Crippen LogP contribution in [0.2, 0.25) is 0 Å². The molecule has 2 amide bonds. The summed E-state index contributed by atoms with van der Waals surface area (Å²) in [6.45, 7) is 0. The fourth-order valence-corrected chi connectivity index (χ4v) is 9.40. The summed E-state index contributed by atoms with van der Waals surface area (Å²) in [5.41, 5.74) is 6.78. The van der Waals surface area contributed by atoms with Gasteiger partial charge in [-0.25, -0.2) is 4.90 Å². The standard InChI is InChI=1S/C45H24N4O2S/c46-25-26-10-9-18-38(49-44(50)31-13-1-2-14-32(31)45(49)51)42(26)48-35-16-6-3-11-28(35)30-21-22-37-41(43(30)48)33-15-4-7-17-36(33)47(37)27-20-23-40-34(24-27)29-12-5-8-19-39(29)52-40/h1-24H. The number of rotatable bonds is 3. The van der Waals surface area contributed by atoms with Gasteiger partial charge in [0.05, 0.1) is 50.1 Å². The van der Waals surface area contributed by atoms with Crippen molar-refractivity contribution in [3.05, 3.63) is 162 Å². The molecule has 0 N–H and O–H groups in total. The van der Waals surface area contributed by atoms with Gasteiger partial charge in [-0.2, -0.15) is 5.26 Å². The highest BCUT2D eigenvalue weighted by Gasteiger charge is 2.38. The lowest BCUT2D eigenvalue weighted by Crippen LogP contribution is -2.30. The van der Waals surface area contributed by atoms with Crippen molar-refractivity contribution in [2.75, 3.05) is 4.90 Å². The van der Waals surface area contributed by atoms with Crippen molar-refractivity contribution in [3.63, 3.8) is 0 Å². The molecule has 0 radical (unpaired) electrons. The summed E-state index contributed by atoms with van der Waals surface area (Å²) >= 11 is 1.80. The van der Waals surface area contributed by atoms with E-state index in [1.54, 1.807) is 53.8 Å². The number of nitrogens with zero attached hydrogens (tertiary/aromatic N) is 4. The highest BCUT2D eigenvalue weighted by molar-refractivity contribution is 7.25. The Kier molecular flexibility index (Phi) is 5.81. The Morgan fingerprint density at radius 1 is 0.519 bits per heavy atom. The quantitative estimate of drug-likeness (QED) is 0.174. The SMILES string of the molecule is N#Cc1cccc(N2C(=O)c3ccccc3C2=O)c1-n1c2ccccc2c2ccc3c(c4ccccc4n3-c3ccc4sc5ccccc5c4c3)c21. The van der Waals surface area contributed by atoms with Gasteiger partial charge in [0.2, 0.25) is 0 Å². The van der Waals surface area contributed by atoms with E-state index in [9.17, 15) is 14.9 Å². The molecular formula is C45H24N4O2S. The van der Waals surface area contributed by atoms with E-state index in [-0.39, 0.29) is 0 Å². The average Bonchev–Trinajstić information content (AvgIpc) is 3.90. The number of para-hydroxylation sites is 3. The Bertz CT molecular complexity index is 3230. The summed E-state index contributed by atoms with van der Waals surface area (Å²) in [6, 6.07) is 50.6. The molecule has 0 saturated heterocycles. The number of anilines is 1. The monoisotopic (exact) mass is 684 g/mol. The molecule has 4 heterocycles. The van der Waals surface area contributed by atoms with Gasteiger partial charge < -0.3 is 9.13 Å². The average molecular weight is 685 g/mol. The Morgan fingerprint density at radius 3 is 1.94 bits per heavy atom. The van der Waals surface area contributed by atoms with Gasteiger partial charge in [-0.1, -0.05) is 78.9 Å². The maximum absolute atomic E-state index is 14.0. The highest BCUT2D eigenvalue weighted by atomic mass is 32.1. The number of amides is 2. The molecule has 7 heteroatoms. The first-order valence-electron chi connectivity index (χ1n) is 17.0. The molecule has 0 unspecified atom stereocenters. The Labute approximate surface area is 300 Å². The van der Waals surface area contributed by atoms with Crippen LogP contribution in [0.3, 0.4) is 0 Å². The normalized spacial score (nSPS) is 13.0. The molecule has 0 spiro atoms. The van der Waals surface area contributed by atoms with Gasteiger partial charge in [-0.15, -0.1) is 11.3 Å². The maximum atomic E-state index is 14.0. The van der Waals surface area contributed by atoms with Crippen LogP contribution in [-0.2, 0) is 0 Å². The van der Waals surface area contributed by atoms with E-state index in [1.165, 1.54) is 25.1 Å². The van der Waals surface area contributed by atoms with Crippen molar-refractivity contribution in [2.45, 2.75) is 0 Å². The number of hydrogen-bond donors (Lipinski definition) is 0. The Hall–Kier alpha value is -7.01. The van der Waals surface area contributed by atoms with E-state index >= 15 is 0 Å². The van der Waals surface area contributed by atoms with Crippen LogP contribution >= 0.6 is 11.3 Å². The van der Waals surface area contributed by atoms with Gasteiger partial charge in [0.1, 0.15) is 6.07 Å². The molecule has 11 rings (SSSR count). The molecule has 0 fully saturated rings. The summed E-state index contributed by atoms with van der Waals surface area (Å²) < 4.78 is 6.91. The number of imide groups is 1. The zero-order valence-corrected chi connectivity index (χ0v) is 28.2. The van der Waals surface area contributed by atoms with E-state index < -0.39 is 11.8 Å². The van der Waals surface area contributed by atoms with E-state index in [0.717, 1.165) is 49.3 Å². The van der Waals surface area contributed by atoms with Gasteiger partial charge in [-0.05, 0) is 66.7 Å². The smallest absolute Gasteiger partial charge is 0.266 e. The second kappa shape index (κ2) is 10.5. The van der Waals surface area contributed by atoms with Crippen molar-refractivity contribution >= 4 is 92.6 Å². The molecular weight excluding hydrogens is 661 g/mol. The lowest BCUT2D eigenvalue weighted by molar-refractivity contribution is 0.0926. The summed E-state index contributed by atoms with van der Waals surface area (Å²) in [4.78, 5) is 29.2. The predicted octanol–water partition coefficient (Wildman–Crippen LogP) is 10.9. The summed E-state index contributed by atoms with van der Waals surface area (Å²) in [5, 5.41) is 17.2. The molecule has 1 aliphatic heterocycles. The van der Waals surface area contributed by atoms with Gasteiger partial charge in [0.25, 0.3) is 11.8 Å². The van der Waals surface area contributed by atoms with Gasteiger partial charge in [-0.3, -0.25) is 9.59 Å². The van der Waals surface area contributed by atoms with Gasteiger partial charge in [0, 0.05) is 47.4 Å². The molecule has 1 aliphatic rings. The van der Waals surface area contributed by atoms with Crippen LogP contribution in [0, 0.1) is 11.3 Å². The van der Waals surface area contributed by atoms with E-state index in [4.69, 9.17) is 0 Å². The van der Waals surface area contributed by atoms with Crippen molar-refractivity contribution in [3.8, 4) is 17.4 Å². The second-order valence-corrected chi connectivity index (χ2v) is 14.2. The van der Waals surface area contributed by atoms with Crippen LogP contribution in [0.5, 0.6) is 0 Å². The first-order valence-corrected chi connectivity index (χ1v) is 17.8. The molecule has 0 saturated carbocycles. The largest absolute Gasteiger partial charge is 0.309 e. The molecule has 242 valence electrons. The molecule has 3 aromatic heterocycles. The van der Waals surface area contributed by atoms with E-state index in [2.05, 4.69) is 100 Å². The molecule has 0 atom stereocenters. The van der Waals surface area contributed by atoms with Crippen molar-refractivity contribution in [2.24, 2.45) is 0 Å². The minimum atomic E-state index is -0.407. The second-order valence-electron chi connectivity index (χ2n) is 13.1. The Morgan fingerprint density at radius 2 is 1.17 bits per heavy atom. The fraction of sp³-hybridized carbons (Fsp3) is 0. The third kappa shape index (κ3) is 3.71. The third-order valence-corrected chi connectivity index (χ3v) is 11.6. The van der Waals surface area contributed by atoms with Gasteiger partial charge >= 0.3 is 0 Å². The van der Waals surface area contributed by atoms with Crippen molar-refractivity contribution < 1.29 is 9.59 Å². The highest BCUT2D eigenvalue weighted by Crippen LogP contribution is 2.45. The number of nitriles is 1. The maximum Gasteiger partial charge on any atom is 0.266 e. The molecule has 0 aliphatic carbocycles.